The number of carbonyl (C=O) groups is 1. The highest BCUT2D eigenvalue weighted by Gasteiger charge is 2.21. The molecule has 0 fully saturated rings. The van der Waals surface area contributed by atoms with E-state index >= 15 is 0 Å². The number of nitro benzene ring substituents is 1. The maximum atomic E-state index is 12.0. The second-order valence-electron chi connectivity index (χ2n) is 4.79. The maximum absolute atomic E-state index is 12.0. The molecule has 20 heavy (non-hydrogen) atoms. The summed E-state index contributed by atoms with van der Waals surface area (Å²) in [6, 6.07) is 2.45. The molecule has 110 valence electrons. The van der Waals surface area contributed by atoms with Crippen molar-refractivity contribution in [2.75, 3.05) is 18.5 Å². The van der Waals surface area contributed by atoms with Gasteiger partial charge >= 0.3 is 0 Å². The van der Waals surface area contributed by atoms with E-state index in [2.05, 4.69) is 5.32 Å². The van der Waals surface area contributed by atoms with E-state index in [-0.39, 0.29) is 26.7 Å². The molecule has 0 heterocycles. The summed E-state index contributed by atoms with van der Waals surface area (Å²) in [5.74, 6) is -0.419. The number of carbonyl (C=O) groups excluding carboxylic acids is 1. The lowest BCUT2D eigenvalue weighted by Gasteiger charge is -2.22. The molecule has 0 aliphatic rings. The SMILES string of the molecule is CSC(C)(C)CNC(=O)c1cc(Cl)c(N)c([N+](=O)[O-])c1. The number of rotatable bonds is 5. The first-order valence-corrected chi connectivity index (χ1v) is 7.35. The number of benzene rings is 1. The van der Waals surface area contributed by atoms with Crippen LogP contribution in [0.2, 0.25) is 5.02 Å². The molecule has 0 aliphatic heterocycles. The largest absolute Gasteiger partial charge is 0.392 e. The fourth-order valence-electron chi connectivity index (χ4n) is 1.35. The zero-order chi connectivity index (χ0) is 15.5. The van der Waals surface area contributed by atoms with E-state index in [1.807, 2.05) is 20.1 Å². The fourth-order valence-corrected chi connectivity index (χ4v) is 1.78. The molecule has 6 nitrogen and oxygen atoms in total. The van der Waals surface area contributed by atoms with Gasteiger partial charge in [-0.3, -0.25) is 14.9 Å². The fraction of sp³-hybridized carbons (Fsp3) is 0.417. The van der Waals surface area contributed by atoms with Crippen LogP contribution >= 0.6 is 23.4 Å². The van der Waals surface area contributed by atoms with Crippen LogP contribution in [-0.2, 0) is 0 Å². The summed E-state index contributed by atoms with van der Waals surface area (Å²) in [5.41, 5.74) is 5.12. The van der Waals surface area contributed by atoms with Crippen LogP contribution in [0.15, 0.2) is 12.1 Å². The molecule has 0 aromatic heterocycles. The first-order valence-electron chi connectivity index (χ1n) is 5.74. The summed E-state index contributed by atoms with van der Waals surface area (Å²) < 4.78 is -0.126. The van der Waals surface area contributed by atoms with Crippen LogP contribution in [-0.4, -0.2) is 28.4 Å². The summed E-state index contributed by atoms with van der Waals surface area (Å²) in [6.07, 6.45) is 1.94. The van der Waals surface area contributed by atoms with Gasteiger partial charge in [-0.15, -0.1) is 0 Å². The van der Waals surface area contributed by atoms with Gasteiger partial charge in [0.25, 0.3) is 11.6 Å². The summed E-state index contributed by atoms with van der Waals surface area (Å²) >= 11 is 7.42. The van der Waals surface area contributed by atoms with Crippen molar-refractivity contribution < 1.29 is 9.72 Å². The molecular formula is C12H16ClN3O3S. The van der Waals surface area contributed by atoms with Crippen molar-refractivity contribution in [1.82, 2.24) is 5.32 Å². The second-order valence-corrected chi connectivity index (χ2v) is 6.72. The topological polar surface area (TPSA) is 98.3 Å². The van der Waals surface area contributed by atoms with Crippen molar-refractivity contribution in [3.63, 3.8) is 0 Å². The Hall–Kier alpha value is -1.47. The Bertz CT molecular complexity index is 549. The van der Waals surface area contributed by atoms with Gasteiger partial charge in [0.1, 0.15) is 5.69 Å². The molecule has 0 radical (unpaired) electrons. The van der Waals surface area contributed by atoms with E-state index in [9.17, 15) is 14.9 Å². The second kappa shape index (κ2) is 6.32. The van der Waals surface area contributed by atoms with Crippen molar-refractivity contribution in [1.29, 1.82) is 0 Å². The minimum absolute atomic E-state index is 0.00604. The third-order valence-corrected chi connectivity index (χ3v) is 4.36. The zero-order valence-corrected chi connectivity index (χ0v) is 13.0. The van der Waals surface area contributed by atoms with Crippen LogP contribution < -0.4 is 11.1 Å². The number of hydrogen-bond acceptors (Lipinski definition) is 5. The molecule has 3 N–H and O–H groups in total. The molecule has 0 atom stereocenters. The molecule has 1 amide bonds. The lowest BCUT2D eigenvalue weighted by molar-refractivity contribution is -0.383. The maximum Gasteiger partial charge on any atom is 0.294 e. The molecule has 0 unspecified atom stereocenters. The molecule has 0 bridgehead atoms. The number of nitro groups is 1. The van der Waals surface area contributed by atoms with Crippen LogP contribution in [0.25, 0.3) is 0 Å². The standard InChI is InChI=1S/C12H16ClN3O3S/c1-12(2,20-3)6-15-11(17)7-4-8(13)10(14)9(5-7)16(18)19/h4-5H,6,14H2,1-3H3,(H,15,17). The van der Waals surface area contributed by atoms with E-state index in [0.29, 0.717) is 6.54 Å². The van der Waals surface area contributed by atoms with Gasteiger partial charge in [-0.05, 0) is 26.2 Å². The zero-order valence-electron chi connectivity index (χ0n) is 11.4. The molecule has 1 rings (SSSR count). The summed E-state index contributed by atoms with van der Waals surface area (Å²) in [7, 11) is 0. The smallest absolute Gasteiger partial charge is 0.294 e. The van der Waals surface area contributed by atoms with Crippen LogP contribution in [0, 0.1) is 10.1 Å². The van der Waals surface area contributed by atoms with Gasteiger partial charge in [-0.1, -0.05) is 11.6 Å². The van der Waals surface area contributed by atoms with E-state index in [4.69, 9.17) is 17.3 Å². The highest BCUT2D eigenvalue weighted by atomic mass is 35.5. The van der Waals surface area contributed by atoms with Crippen LogP contribution in [0.5, 0.6) is 0 Å². The van der Waals surface area contributed by atoms with Crippen LogP contribution in [0.3, 0.4) is 0 Å². The lowest BCUT2D eigenvalue weighted by atomic mass is 10.1. The molecule has 0 spiro atoms. The number of anilines is 1. The van der Waals surface area contributed by atoms with Gasteiger partial charge in [-0.2, -0.15) is 11.8 Å². The van der Waals surface area contributed by atoms with Gasteiger partial charge < -0.3 is 11.1 Å². The Morgan fingerprint density at radius 2 is 2.15 bits per heavy atom. The monoisotopic (exact) mass is 317 g/mol. The normalized spacial score (nSPS) is 11.2. The quantitative estimate of drug-likeness (QED) is 0.494. The average molecular weight is 318 g/mol. The number of nitrogens with one attached hydrogen (secondary N) is 1. The molecule has 1 aromatic carbocycles. The number of halogens is 1. The molecule has 0 saturated carbocycles. The third kappa shape index (κ3) is 4.01. The van der Waals surface area contributed by atoms with Gasteiger partial charge in [-0.25, -0.2) is 0 Å². The number of nitrogens with zero attached hydrogens (tertiary/aromatic N) is 1. The van der Waals surface area contributed by atoms with Crippen molar-refractivity contribution >= 4 is 40.6 Å². The van der Waals surface area contributed by atoms with E-state index in [0.717, 1.165) is 6.07 Å². The Kier molecular flexibility index (Phi) is 5.24. The van der Waals surface area contributed by atoms with Crippen molar-refractivity contribution in [3.05, 3.63) is 32.8 Å². The molecule has 1 aromatic rings. The van der Waals surface area contributed by atoms with Gasteiger partial charge in [0.15, 0.2) is 0 Å². The van der Waals surface area contributed by atoms with E-state index < -0.39 is 10.8 Å². The minimum Gasteiger partial charge on any atom is -0.392 e. The first kappa shape index (κ1) is 16.6. The molecule has 0 aliphatic carbocycles. The summed E-state index contributed by atoms with van der Waals surface area (Å²) in [6.45, 7) is 4.40. The molecule has 8 heteroatoms. The minimum atomic E-state index is -0.663. The predicted octanol–water partition coefficient (Wildman–Crippen LogP) is 2.70. The van der Waals surface area contributed by atoms with E-state index in [1.54, 1.807) is 11.8 Å². The Labute approximate surface area is 126 Å². The first-order chi connectivity index (χ1) is 9.18. The van der Waals surface area contributed by atoms with Gasteiger partial charge in [0.05, 0.1) is 9.95 Å². The summed E-state index contributed by atoms with van der Waals surface area (Å²) in [5, 5.41) is 13.6. The van der Waals surface area contributed by atoms with Crippen LogP contribution in [0.1, 0.15) is 24.2 Å². The van der Waals surface area contributed by atoms with Crippen LogP contribution in [0.4, 0.5) is 11.4 Å². The average Bonchev–Trinajstić information content (AvgIpc) is 2.38. The third-order valence-electron chi connectivity index (χ3n) is 2.79. The number of thioether (sulfide) groups is 1. The van der Waals surface area contributed by atoms with Crippen molar-refractivity contribution in [2.24, 2.45) is 0 Å². The van der Waals surface area contributed by atoms with Crippen molar-refractivity contribution in [2.45, 2.75) is 18.6 Å². The van der Waals surface area contributed by atoms with E-state index in [1.165, 1.54) is 6.07 Å². The highest BCUT2D eigenvalue weighted by molar-refractivity contribution is 7.99. The molecule has 0 saturated heterocycles. The lowest BCUT2D eigenvalue weighted by Crippen LogP contribution is -2.36. The number of amides is 1. The highest BCUT2D eigenvalue weighted by Crippen LogP contribution is 2.30. The van der Waals surface area contributed by atoms with Gasteiger partial charge in [0.2, 0.25) is 0 Å². The Morgan fingerprint density at radius 1 is 1.55 bits per heavy atom. The van der Waals surface area contributed by atoms with Crippen molar-refractivity contribution in [3.8, 4) is 0 Å². The number of nitrogen functional groups attached to an aromatic ring is 1. The Morgan fingerprint density at radius 3 is 2.65 bits per heavy atom. The summed E-state index contributed by atoms with van der Waals surface area (Å²) in [4.78, 5) is 22.2. The predicted molar refractivity (Wildman–Crippen MR) is 82.4 cm³/mol. The van der Waals surface area contributed by atoms with Gasteiger partial charge in [0, 0.05) is 22.9 Å². The number of hydrogen-bond donors (Lipinski definition) is 2. The Balaban J connectivity index is 2.97. The molecular weight excluding hydrogens is 302 g/mol. The number of nitrogens with two attached hydrogens (primary N) is 1.